The maximum atomic E-state index is 6.21. The summed E-state index contributed by atoms with van der Waals surface area (Å²) in [5, 5.41) is 1.08. The topological polar surface area (TPSA) is 74.1 Å². The fourth-order valence-corrected chi connectivity index (χ4v) is 3.83. The zero-order valence-corrected chi connectivity index (χ0v) is 19.9. The smallest absolute Gasteiger partial charge is 0.150 e. The van der Waals surface area contributed by atoms with Gasteiger partial charge < -0.3 is 20.5 Å². The van der Waals surface area contributed by atoms with Crippen molar-refractivity contribution < 1.29 is 0 Å². The Kier molecular flexibility index (Phi) is 8.90. The molecule has 3 N–H and O–H groups in total. The van der Waals surface area contributed by atoms with E-state index < -0.39 is 0 Å². The van der Waals surface area contributed by atoms with Crippen molar-refractivity contribution in [3.63, 3.8) is 0 Å². The molecule has 0 spiro atoms. The lowest BCUT2D eigenvalue weighted by atomic mass is 10.1. The van der Waals surface area contributed by atoms with Crippen LogP contribution in [0.3, 0.4) is 0 Å². The molecule has 1 aliphatic heterocycles. The van der Waals surface area contributed by atoms with Crippen LogP contribution >= 0.6 is 0 Å². The molecule has 2 aromatic heterocycles. The Morgan fingerprint density at radius 1 is 1.07 bits per heavy atom. The molecule has 1 fully saturated rings. The number of benzene rings is 1. The summed E-state index contributed by atoms with van der Waals surface area (Å²) in [5.74, 6) is 1.93. The fourth-order valence-electron chi connectivity index (χ4n) is 3.83. The number of aromatic nitrogens is 3. The molecule has 0 aliphatic carbocycles. The van der Waals surface area contributed by atoms with E-state index in [-0.39, 0.29) is 0 Å². The second-order valence-corrected chi connectivity index (χ2v) is 7.52. The number of piperazine rings is 1. The summed E-state index contributed by atoms with van der Waals surface area (Å²) in [6.07, 6.45) is 2.25. The molecule has 4 rings (SSSR count). The van der Waals surface area contributed by atoms with Crippen LogP contribution in [0.15, 0.2) is 18.2 Å². The van der Waals surface area contributed by atoms with Gasteiger partial charge in [-0.15, -0.1) is 0 Å². The van der Waals surface area contributed by atoms with E-state index in [4.69, 9.17) is 10.7 Å². The van der Waals surface area contributed by atoms with Crippen molar-refractivity contribution in [2.75, 3.05) is 43.9 Å². The first-order valence-electron chi connectivity index (χ1n) is 11.6. The number of nitrogens with zero attached hydrogens (tertiary/aromatic N) is 4. The number of fused-ring (bicyclic) bond motifs is 3. The lowest BCUT2D eigenvalue weighted by Gasteiger charge is -2.34. The summed E-state index contributed by atoms with van der Waals surface area (Å²) in [5.41, 5.74) is 10.2. The zero-order chi connectivity index (χ0) is 22.3. The third-order valence-electron chi connectivity index (χ3n) is 5.51. The van der Waals surface area contributed by atoms with Gasteiger partial charge in [0.1, 0.15) is 22.7 Å². The lowest BCUT2D eigenvalue weighted by Crippen LogP contribution is -2.44. The van der Waals surface area contributed by atoms with Gasteiger partial charge in [-0.25, -0.2) is 9.97 Å². The number of nitrogens with two attached hydrogens (primary N) is 1. The minimum absolute atomic E-state index is 0.391. The molecule has 0 bridgehead atoms. The zero-order valence-electron chi connectivity index (χ0n) is 19.9. The van der Waals surface area contributed by atoms with Gasteiger partial charge in [-0.05, 0) is 31.7 Å². The van der Waals surface area contributed by atoms with Crippen molar-refractivity contribution in [1.29, 1.82) is 0 Å². The molecule has 0 amide bonds. The van der Waals surface area contributed by atoms with Gasteiger partial charge in [-0.2, -0.15) is 0 Å². The molecule has 3 aromatic rings. The first-order chi connectivity index (χ1) is 14.6. The van der Waals surface area contributed by atoms with Crippen LogP contribution in [-0.4, -0.2) is 53.1 Å². The van der Waals surface area contributed by atoms with Gasteiger partial charge in [0, 0.05) is 43.2 Å². The second-order valence-electron chi connectivity index (χ2n) is 7.52. The van der Waals surface area contributed by atoms with Gasteiger partial charge in [0.2, 0.25) is 0 Å². The Hall–Kier alpha value is -2.34. The Morgan fingerprint density at radius 2 is 1.73 bits per heavy atom. The van der Waals surface area contributed by atoms with Crippen molar-refractivity contribution in [3.8, 4) is 0 Å². The molecule has 166 valence electrons. The predicted octanol–water partition coefficient (Wildman–Crippen LogP) is 5.40. The molecule has 0 radical (unpaired) electrons. The van der Waals surface area contributed by atoms with Crippen molar-refractivity contribution in [2.24, 2.45) is 0 Å². The van der Waals surface area contributed by atoms with Crippen molar-refractivity contribution in [2.45, 2.75) is 60.3 Å². The molecule has 1 atom stereocenters. The molecule has 6 nitrogen and oxygen atoms in total. The van der Waals surface area contributed by atoms with Gasteiger partial charge in [-0.1, -0.05) is 48.0 Å². The molecule has 30 heavy (non-hydrogen) atoms. The summed E-state index contributed by atoms with van der Waals surface area (Å²) in [6.45, 7) is 16.7. The lowest BCUT2D eigenvalue weighted by molar-refractivity contribution is 0.313. The number of pyridine rings is 1. The summed E-state index contributed by atoms with van der Waals surface area (Å²) >= 11 is 0. The van der Waals surface area contributed by atoms with E-state index in [1.165, 1.54) is 5.69 Å². The maximum absolute atomic E-state index is 6.21. The first kappa shape index (κ1) is 23.9. The van der Waals surface area contributed by atoms with E-state index in [1.807, 2.05) is 27.7 Å². The van der Waals surface area contributed by atoms with Crippen LogP contribution in [-0.2, 0) is 0 Å². The molecule has 1 unspecified atom stereocenters. The largest absolute Gasteiger partial charge is 0.382 e. The number of likely N-dealkylation sites (N-methyl/N-ethyl adjacent to an activating group) is 1. The normalized spacial score (nSPS) is 15.4. The Balaban J connectivity index is 0.000000757. The first-order valence-corrected chi connectivity index (χ1v) is 11.6. The van der Waals surface area contributed by atoms with E-state index >= 15 is 0 Å². The number of nitrogen functional groups attached to an aromatic ring is 1. The summed E-state index contributed by atoms with van der Waals surface area (Å²) < 4.78 is 0. The van der Waals surface area contributed by atoms with Crippen LogP contribution in [0.4, 0.5) is 11.5 Å². The SMILES string of the molecule is CC.CC.CCCC(C)c1nc2c([nH]1)c(N)nc1ccc(N3CCN(C)CC3)cc12. The Bertz CT molecular complexity index is 924. The molecule has 1 aliphatic rings. The third-order valence-corrected chi connectivity index (χ3v) is 5.51. The van der Waals surface area contributed by atoms with Crippen molar-refractivity contribution >= 4 is 33.4 Å². The van der Waals surface area contributed by atoms with E-state index in [0.717, 1.165) is 66.8 Å². The van der Waals surface area contributed by atoms with E-state index in [9.17, 15) is 0 Å². The molecule has 6 heteroatoms. The van der Waals surface area contributed by atoms with E-state index in [2.05, 4.69) is 58.9 Å². The standard InChI is InChI=1S/C20H28N6.2C2H6/c1-4-5-13(2)20-23-17-15-12-14(26-10-8-25(3)9-11-26)6-7-16(15)22-19(21)18(17)24-20;2*1-2/h6-7,12-13H,4-5,8-11H2,1-3H3,(H2,21,22)(H,23,24);2*1-2H3. The highest BCUT2D eigenvalue weighted by Crippen LogP contribution is 2.31. The van der Waals surface area contributed by atoms with Gasteiger partial charge in [0.25, 0.3) is 0 Å². The highest BCUT2D eigenvalue weighted by Gasteiger charge is 2.18. The van der Waals surface area contributed by atoms with Gasteiger partial charge in [0.15, 0.2) is 0 Å². The van der Waals surface area contributed by atoms with Crippen LogP contribution < -0.4 is 10.6 Å². The molecule has 1 aromatic carbocycles. The highest BCUT2D eigenvalue weighted by molar-refractivity contribution is 6.07. The highest BCUT2D eigenvalue weighted by atomic mass is 15.2. The Labute approximate surface area is 181 Å². The summed E-state index contributed by atoms with van der Waals surface area (Å²) in [6, 6.07) is 6.45. The molecule has 1 saturated heterocycles. The van der Waals surface area contributed by atoms with Crippen LogP contribution in [0.25, 0.3) is 21.9 Å². The summed E-state index contributed by atoms with van der Waals surface area (Å²) in [4.78, 5) is 17.8. The molecule has 3 heterocycles. The monoisotopic (exact) mass is 412 g/mol. The minimum Gasteiger partial charge on any atom is -0.382 e. The van der Waals surface area contributed by atoms with Crippen molar-refractivity contribution in [1.82, 2.24) is 19.9 Å². The van der Waals surface area contributed by atoms with Crippen LogP contribution in [0, 0.1) is 0 Å². The number of hydrogen-bond donors (Lipinski definition) is 2. The summed E-state index contributed by atoms with van der Waals surface area (Å²) in [7, 11) is 2.18. The number of nitrogens with one attached hydrogen (secondary N) is 1. The van der Waals surface area contributed by atoms with E-state index in [0.29, 0.717) is 11.7 Å². The van der Waals surface area contributed by atoms with Crippen LogP contribution in [0.5, 0.6) is 0 Å². The van der Waals surface area contributed by atoms with Crippen LogP contribution in [0.1, 0.15) is 66.1 Å². The quantitative estimate of drug-likeness (QED) is 0.600. The maximum Gasteiger partial charge on any atom is 0.150 e. The number of rotatable bonds is 4. The molecular weight excluding hydrogens is 372 g/mol. The molecule has 0 saturated carbocycles. The van der Waals surface area contributed by atoms with Gasteiger partial charge in [0.05, 0.1) is 5.52 Å². The number of aromatic amines is 1. The number of hydrogen-bond acceptors (Lipinski definition) is 5. The van der Waals surface area contributed by atoms with E-state index in [1.54, 1.807) is 0 Å². The Morgan fingerprint density at radius 3 is 2.37 bits per heavy atom. The second kappa shape index (κ2) is 11.2. The number of anilines is 2. The van der Waals surface area contributed by atoms with Gasteiger partial charge in [-0.3, -0.25) is 0 Å². The average molecular weight is 413 g/mol. The average Bonchev–Trinajstić information content (AvgIpc) is 3.24. The number of H-pyrrole nitrogens is 1. The molecular formula is C24H40N6. The predicted molar refractivity (Wildman–Crippen MR) is 132 cm³/mol. The minimum atomic E-state index is 0.391. The fraction of sp³-hybridized carbons (Fsp3) is 0.583. The number of imidazole rings is 1. The van der Waals surface area contributed by atoms with Crippen molar-refractivity contribution in [3.05, 3.63) is 24.0 Å². The third kappa shape index (κ3) is 5.04. The van der Waals surface area contributed by atoms with Crippen LogP contribution in [0.2, 0.25) is 0 Å². The van der Waals surface area contributed by atoms with Gasteiger partial charge >= 0.3 is 0 Å².